The predicted octanol–water partition coefficient (Wildman–Crippen LogP) is 3.88. The molecule has 1 fully saturated rings. The first-order chi connectivity index (χ1) is 14.7. The highest BCUT2D eigenvalue weighted by Gasteiger charge is 2.25. The third-order valence-corrected chi connectivity index (χ3v) is 5.13. The lowest BCUT2D eigenvalue weighted by Gasteiger charge is -2.35. The molecule has 154 valence electrons. The molecule has 0 saturated carbocycles. The molecule has 1 atom stereocenters. The van der Waals surface area contributed by atoms with Crippen molar-refractivity contribution in [2.75, 3.05) is 36.5 Å². The van der Waals surface area contributed by atoms with Crippen molar-refractivity contribution >= 4 is 17.4 Å². The van der Waals surface area contributed by atoms with Crippen molar-refractivity contribution in [3.63, 3.8) is 0 Å². The van der Waals surface area contributed by atoms with Crippen LogP contribution in [0.25, 0.3) is 0 Å². The zero-order valence-corrected chi connectivity index (χ0v) is 17.0. The average molecular weight is 402 g/mol. The van der Waals surface area contributed by atoms with Gasteiger partial charge in [0.1, 0.15) is 11.6 Å². The molecule has 1 saturated heterocycles. The summed E-state index contributed by atoms with van der Waals surface area (Å²) < 4.78 is 5.46. The van der Waals surface area contributed by atoms with Gasteiger partial charge in [0.2, 0.25) is 0 Å². The van der Waals surface area contributed by atoms with Gasteiger partial charge in [0, 0.05) is 37.6 Å². The van der Waals surface area contributed by atoms with Crippen LogP contribution in [-0.2, 0) is 0 Å². The van der Waals surface area contributed by atoms with Crippen molar-refractivity contribution in [1.29, 1.82) is 0 Å². The first-order valence-corrected chi connectivity index (χ1v) is 10.3. The van der Waals surface area contributed by atoms with Gasteiger partial charge in [0.15, 0.2) is 0 Å². The van der Waals surface area contributed by atoms with Crippen molar-refractivity contribution in [3.05, 3.63) is 84.1 Å². The highest BCUT2D eigenvalue weighted by atomic mass is 16.5. The highest BCUT2D eigenvalue weighted by Crippen LogP contribution is 2.25. The minimum atomic E-state index is -0.169. The summed E-state index contributed by atoms with van der Waals surface area (Å²) in [5.74, 6) is 1.32. The fourth-order valence-corrected chi connectivity index (χ4v) is 3.68. The van der Waals surface area contributed by atoms with Crippen LogP contribution < -0.4 is 20.3 Å². The maximum Gasteiger partial charge on any atom is 0.259 e. The lowest BCUT2D eigenvalue weighted by molar-refractivity contribution is 0.102. The van der Waals surface area contributed by atoms with Gasteiger partial charge in [-0.15, -0.1) is 0 Å². The van der Waals surface area contributed by atoms with Crippen LogP contribution in [0, 0.1) is 0 Å². The number of pyridine rings is 1. The predicted molar refractivity (Wildman–Crippen MR) is 119 cm³/mol. The number of aromatic nitrogens is 1. The maximum atomic E-state index is 13.0. The molecule has 4 rings (SSSR count). The molecule has 2 N–H and O–H groups in total. The van der Waals surface area contributed by atoms with Crippen LogP contribution in [0.2, 0.25) is 0 Å². The zero-order valence-electron chi connectivity index (χ0n) is 17.0. The van der Waals surface area contributed by atoms with E-state index < -0.39 is 0 Å². The van der Waals surface area contributed by atoms with Gasteiger partial charge in [-0.2, -0.15) is 0 Å². The number of hydrogen-bond acceptors (Lipinski definition) is 5. The molecule has 2 aromatic carbocycles. The number of amides is 1. The summed E-state index contributed by atoms with van der Waals surface area (Å²) in [4.78, 5) is 19.7. The lowest BCUT2D eigenvalue weighted by Crippen LogP contribution is -2.46. The summed E-state index contributed by atoms with van der Waals surface area (Å²) in [6.45, 7) is 4.93. The van der Waals surface area contributed by atoms with E-state index in [2.05, 4.69) is 32.7 Å². The van der Waals surface area contributed by atoms with Crippen molar-refractivity contribution in [2.45, 2.75) is 13.0 Å². The second-order valence-corrected chi connectivity index (χ2v) is 7.15. The Kier molecular flexibility index (Phi) is 6.25. The molecule has 0 bridgehead atoms. The van der Waals surface area contributed by atoms with E-state index >= 15 is 0 Å². The Bertz CT molecular complexity index is 976. The largest absolute Gasteiger partial charge is 0.494 e. The van der Waals surface area contributed by atoms with E-state index in [9.17, 15) is 4.79 Å². The molecule has 30 heavy (non-hydrogen) atoms. The van der Waals surface area contributed by atoms with Gasteiger partial charge in [-0.25, -0.2) is 4.98 Å². The van der Waals surface area contributed by atoms with Crippen LogP contribution in [0.15, 0.2) is 72.9 Å². The van der Waals surface area contributed by atoms with E-state index in [1.54, 1.807) is 12.3 Å². The average Bonchev–Trinajstić information content (AvgIpc) is 2.81. The van der Waals surface area contributed by atoms with Gasteiger partial charge < -0.3 is 20.3 Å². The Morgan fingerprint density at radius 2 is 1.93 bits per heavy atom. The van der Waals surface area contributed by atoms with E-state index in [0.29, 0.717) is 18.0 Å². The second-order valence-electron chi connectivity index (χ2n) is 7.15. The van der Waals surface area contributed by atoms with Crippen LogP contribution in [0.1, 0.15) is 28.9 Å². The molecule has 1 aliphatic rings. The number of nitrogens with zero attached hydrogens (tertiary/aromatic N) is 2. The van der Waals surface area contributed by atoms with Crippen LogP contribution in [0.3, 0.4) is 0 Å². The molecule has 0 radical (unpaired) electrons. The van der Waals surface area contributed by atoms with Crippen molar-refractivity contribution in [3.8, 4) is 5.75 Å². The van der Waals surface area contributed by atoms with E-state index in [1.165, 1.54) is 5.56 Å². The standard InChI is InChI=1S/C24H26N4O2/c1-2-30-20-12-10-19(11-13-20)27-24(29)21-9-6-14-26-23(21)28-16-15-25-22(17-28)18-7-4-3-5-8-18/h3-14,22,25H,2,15-17H2,1H3,(H,27,29)/t22-/m0/s1. The van der Waals surface area contributed by atoms with Crippen molar-refractivity contribution < 1.29 is 9.53 Å². The Morgan fingerprint density at radius 1 is 1.13 bits per heavy atom. The smallest absolute Gasteiger partial charge is 0.259 e. The molecule has 1 aliphatic heterocycles. The minimum absolute atomic E-state index is 0.169. The van der Waals surface area contributed by atoms with Gasteiger partial charge in [-0.05, 0) is 48.9 Å². The van der Waals surface area contributed by atoms with E-state index in [1.807, 2.05) is 55.5 Å². The molecule has 1 aromatic heterocycles. The number of anilines is 2. The summed E-state index contributed by atoms with van der Waals surface area (Å²) >= 11 is 0. The Balaban J connectivity index is 1.51. The molecule has 6 heteroatoms. The fraction of sp³-hybridized carbons (Fsp3) is 0.250. The van der Waals surface area contributed by atoms with Crippen molar-refractivity contribution in [2.24, 2.45) is 0 Å². The van der Waals surface area contributed by atoms with Gasteiger partial charge in [-0.3, -0.25) is 4.79 Å². The first kappa shape index (κ1) is 19.9. The van der Waals surface area contributed by atoms with Gasteiger partial charge in [0.05, 0.1) is 12.2 Å². The number of ether oxygens (including phenoxy) is 1. The number of nitrogens with one attached hydrogen (secondary N) is 2. The quantitative estimate of drug-likeness (QED) is 0.655. The van der Waals surface area contributed by atoms with Gasteiger partial charge in [-0.1, -0.05) is 30.3 Å². The number of carbonyl (C=O) groups is 1. The molecule has 6 nitrogen and oxygen atoms in total. The molecule has 1 amide bonds. The van der Waals surface area contributed by atoms with Crippen LogP contribution in [0.4, 0.5) is 11.5 Å². The molecular weight excluding hydrogens is 376 g/mol. The second kappa shape index (κ2) is 9.41. The summed E-state index contributed by atoms with van der Waals surface area (Å²) in [7, 11) is 0. The first-order valence-electron chi connectivity index (χ1n) is 10.3. The molecule has 0 spiro atoms. The van der Waals surface area contributed by atoms with Crippen LogP contribution in [-0.4, -0.2) is 37.1 Å². The highest BCUT2D eigenvalue weighted by molar-refractivity contribution is 6.07. The van der Waals surface area contributed by atoms with Crippen molar-refractivity contribution in [1.82, 2.24) is 10.3 Å². The van der Waals surface area contributed by atoms with Gasteiger partial charge in [0.25, 0.3) is 5.91 Å². The lowest BCUT2D eigenvalue weighted by atomic mass is 10.0. The van der Waals surface area contributed by atoms with E-state index in [4.69, 9.17) is 4.74 Å². The summed E-state index contributed by atoms with van der Waals surface area (Å²) in [6, 6.07) is 21.6. The number of carbonyl (C=O) groups excluding carboxylic acids is 1. The van der Waals surface area contributed by atoms with E-state index in [-0.39, 0.29) is 11.9 Å². The monoisotopic (exact) mass is 402 g/mol. The summed E-state index contributed by atoms with van der Waals surface area (Å²) in [5.41, 5.74) is 2.53. The van der Waals surface area contributed by atoms with Crippen LogP contribution in [0.5, 0.6) is 5.75 Å². The Morgan fingerprint density at radius 3 is 2.70 bits per heavy atom. The fourth-order valence-electron chi connectivity index (χ4n) is 3.68. The number of hydrogen-bond donors (Lipinski definition) is 2. The van der Waals surface area contributed by atoms with Crippen LogP contribution >= 0.6 is 0 Å². The maximum absolute atomic E-state index is 13.0. The topological polar surface area (TPSA) is 66.5 Å². The number of rotatable bonds is 6. The normalized spacial score (nSPS) is 16.2. The molecular formula is C24H26N4O2. The number of piperazine rings is 1. The number of benzene rings is 2. The molecule has 0 unspecified atom stereocenters. The SMILES string of the molecule is CCOc1ccc(NC(=O)c2cccnc2N2CCN[C@H](c3ccccc3)C2)cc1. The summed E-state index contributed by atoms with van der Waals surface area (Å²) in [5, 5.41) is 6.53. The molecule has 3 aromatic rings. The van der Waals surface area contributed by atoms with E-state index in [0.717, 1.165) is 31.1 Å². The Hall–Kier alpha value is -3.38. The third kappa shape index (κ3) is 4.60. The van der Waals surface area contributed by atoms with Gasteiger partial charge >= 0.3 is 0 Å². The zero-order chi connectivity index (χ0) is 20.8. The summed E-state index contributed by atoms with van der Waals surface area (Å²) in [6.07, 6.45) is 1.74. The molecule has 0 aliphatic carbocycles. The minimum Gasteiger partial charge on any atom is -0.494 e. The Labute approximate surface area is 176 Å². The molecule has 2 heterocycles. The third-order valence-electron chi connectivity index (χ3n) is 5.13.